The van der Waals surface area contributed by atoms with Gasteiger partial charge in [-0.3, -0.25) is 4.79 Å². The predicted molar refractivity (Wildman–Crippen MR) is 72.7 cm³/mol. The fourth-order valence-corrected chi connectivity index (χ4v) is 1.94. The summed E-state index contributed by atoms with van der Waals surface area (Å²) in [5.41, 5.74) is 0.480. The summed E-state index contributed by atoms with van der Waals surface area (Å²) in [5.74, 6) is -0.530. The Hall–Kier alpha value is -1.94. The second kappa shape index (κ2) is 6.29. The molecule has 0 saturated carbocycles. The van der Waals surface area contributed by atoms with E-state index < -0.39 is 0 Å². The van der Waals surface area contributed by atoms with Crippen LogP contribution in [-0.4, -0.2) is 25.7 Å². The molecule has 0 aliphatic heterocycles. The van der Waals surface area contributed by atoms with Crippen molar-refractivity contribution >= 4 is 16.7 Å². The monoisotopic (exact) mass is 261 g/mol. The average Bonchev–Trinajstić information content (AvgIpc) is 2.44. The maximum absolute atomic E-state index is 13.6. The van der Waals surface area contributed by atoms with E-state index in [1.54, 1.807) is 24.3 Å². The summed E-state index contributed by atoms with van der Waals surface area (Å²) in [6.45, 7) is 3.43. The Morgan fingerprint density at radius 3 is 2.68 bits per heavy atom. The number of benzene rings is 2. The van der Waals surface area contributed by atoms with E-state index in [1.165, 1.54) is 12.1 Å². The number of ether oxygens (including phenoxy) is 1. The molecule has 100 valence electrons. The molecule has 0 spiro atoms. The standard InChI is InChI=1S/C15H16FNO2/c1-2-19-10-9-17-15(18)13-7-8-14(16)12-6-4-3-5-11(12)13/h3-8H,2,9-10H2,1H3,(H,17,18). The van der Waals surface area contributed by atoms with Crippen molar-refractivity contribution < 1.29 is 13.9 Å². The number of fused-ring (bicyclic) bond motifs is 1. The van der Waals surface area contributed by atoms with Crippen molar-refractivity contribution in [3.63, 3.8) is 0 Å². The summed E-state index contributed by atoms with van der Waals surface area (Å²) >= 11 is 0. The Labute approximate surface area is 111 Å². The van der Waals surface area contributed by atoms with Gasteiger partial charge in [-0.1, -0.05) is 24.3 Å². The molecule has 0 fully saturated rings. The van der Waals surface area contributed by atoms with Gasteiger partial charge < -0.3 is 10.1 Å². The molecule has 0 saturated heterocycles. The molecule has 2 aromatic rings. The van der Waals surface area contributed by atoms with Crippen LogP contribution < -0.4 is 5.32 Å². The second-order valence-electron chi connectivity index (χ2n) is 4.09. The Morgan fingerprint density at radius 2 is 1.95 bits per heavy atom. The number of hydrogen-bond donors (Lipinski definition) is 1. The van der Waals surface area contributed by atoms with Crippen LogP contribution >= 0.6 is 0 Å². The number of rotatable bonds is 5. The van der Waals surface area contributed by atoms with E-state index in [0.29, 0.717) is 36.1 Å². The Morgan fingerprint density at radius 1 is 1.21 bits per heavy atom. The Kier molecular flexibility index (Phi) is 4.47. The lowest BCUT2D eigenvalue weighted by atomic mass is 10.0. The molecule has 0 aliphatic rings. The molecular formula is C15H16FNO2. The van der Waals surface area contributed by atoms with Crippen LogP contribution in [0, 0.1) is 5.82 Å². The number of carbonyl (C=O) groups excluding carboxylic acids is 1. The minimum atomic E-state index is -0.318. The number of halogens is 1. The third-order valence-electron chi connectivity index (χ3n) is 2.85. The fourth-order valence-electron chi connectivity index (χ4n) is 1.94. The molecule has 1 N–H and O–H groups in total. The molecule has 1 amide bonds. The van der Waals surface area contributed by atoms with Crippen LogP contribution in [0.25, 0.3) is 10.8 Å². The van der Waals surface area contributed by atoms with Crippen molar-refractivity contribution in [2.45, 2.75) is 6.92 Å². The highest BCUT2D eigenvalue weighted by atomic mass is 19.1. The molecule has 0 aromatic heterocycles. The highest BCUT2D eigenvalue weighted by Crippen LogP contribution is 2.21. The van der Waals surface area contributed by atoms with Gasteiger partial charge in [0.1, 0.15) is 5.82 Å². The second-order valence-corrected chi connectivity index (χ2v) is 4.09. The predicted octanol–water partition coefficient (Wildman–Crippen LogP) is 2.75. The lowest BCUT2D eigenvalue weighted by Crippen LogP contribution is -2.27. The zero-order chi connectivity index (χ0) is 13.7. The first-order valence-corrected chi connectivity index (χ1v) is 6.27. The van der Waals surface area contributed by atoms with Crippen molar-refractivity contribution in [1.82, 2.24) is 5.32 Å². The first-order valence-electron chi connectivity index (χ1n) is 6.27. The van der Waals surface area contributed by atoms with Crippen LogP contribution in [0.1, 0.15) is 17.3 Å². The zero-order valence-corrected chi connectivity index (χ0v) is 10.8. The van der Waals surface area contributed by atoms with Gasteiger partial charge in [-0.2, -0.15) is 0 Å². The SMILES string of the molecule is CCOCCNC(=O)c1ccc(F)c2ccccc12. The van der Waals surface area contributed by atoms with Crippen molar-refractivity contribution in [3.05, 3.63) is 47.8 Å². The molecule has 0 unspecified atom stereocenters. The number of nitrogens with one attached hydrogen (secondary N) is 1. The van der Waals surface area contributed by atoms with E-state index in [1.807, 2.05) is 6.92 Å². The van der Waals surface area contributed by atoms with Gasteiger partial charge in [-0.25, -0.2) is 4.39 Å². The van der Waals surface area contributed by atoms with Crippen molar-refractivity contribution in [2.24, 2.45) is 0 Å². The van der Waals surface area contributed by atoms with Crippen LogP contribution in [0.3, 0.4) is 0 Å². The van der Waals surface area contributed by atoms with Gasteiger partial charge in [-0.05, 0) is 24.4 Å². The van der Waals surface area contributed by atoms with Gasteiger partial charge in [0.25, 0.3) is 5.91 Å². The largest absolute Gasteiger partial charge is 0.380 e. The quantitative estimate of drug-likeness (QED) is 0.840. The summed E-state index contributed by atoms with van der Waals surface area (Å²) in [7, 11) is 0. The van der Waals surface area contributed by atoms with Gasteiger partial charge in [0, 0.05) is 24.1 Å². The topological polar surface area (TPSA) is 38.3 Å². The summed E-state index contributed by atoms with van der Waals surface area (Å²) < 4.78 is 18.8. The lowest BCUT2D eigenvalue weighted by Gasteiger charge is -2.08. The van der Waals surface area contributed by atoms with Crippen LogP contribution in [0.4, 0.5) is 4.39 Å². The summed E-state index contributed by atoms with van der Waals surface area (Å²) in [4.78, 5) is 12.0. The summed E-state index contributed by atoms with van der Waals surface area (Å²) in [6.07, 6.45) is 0. The van der Waals surface area contributed by atoms with Gasteiger partial charge in [-0.15, -0.1) is 0 Å². The molecule has 4 heteroatoms. The van der Waals surface area contributed by atoms with Gasteiger partial charge in [0.2, 0.25) is 0 Å². The minimum absolute atomic E-state index is 0.212. The van der Waals surface area contributed by atoms with Crippen molar-refractivity contribution in [1.29, 1.82) is 0 Å². The van der Waals surface area contributed by atoms with E-state index in [4.69, 9.17) is 4.74 Å². The first-order chi connectivity index (χ1) is 9.24. The minimum Gasteiger partial charge on any atom is -0.380 e. The molecule has 0 atom stereocenters. The van der Waals surface area contributed by atoms with E-state index >= 15 is 0 Å². The van der Waals surface area contributed by atoms with E-state index in [2.05, 4.69) is 5.32 Å². The molecule has 3 nitrogen and oxygen atoms in total. The highest BCUT2D eigenvalue weighted by Gasteiger charge is 2.11. The van der Waals surface area contributed by atoms with E-state index in [-0.39, 0.29) is 11.7 Å². The van der Waals surface area contributed by atoms with Gasteiger partial charge in [0.05, 0.1) is 6.61 Å². The molecular weight excluding hydrogens is 245 g/mol. The van der Waals surface area contributed by atoms with Crippen molar-refractivity contribution in [2.75, 3.05) is 19.8 Å². The third kappa shape index (κ3) is 3.09. The number of amides is 1. The normalized spacial score (nSPS) is 10.6. The first kappa shape index (κ1) is 13.5. The lowest BCUT2D eigenvalue weighted by molar-refractivity contribution is 0.0924. The van der Waals surface area contributed by atoms with Gasteiger partial charge in [0.15, 0.2) is 0 Å². The van der Waals surface area contributed by atoms with Crippen LogP contribution in [0.15, 0.2) is 36.4 Å². The number of hydrogen-bond acceptors (Lipinski definition) is 2. The highest BCUT2D eigenvalue weighted by molar-refractivity contribution is 6.07. The molecule has 0 radical (unpaired) electrons. The molecule has 0 aliphatic carbocycles. The molecule has 2 aromatic carbocycles. The van der Waals surface area contributed by atoms with Crippen LogP contribution in [-0.2, 0) is 4.74 Å². The molecule has 19 heavy (non-hydrogen) atoms. The molecule has 2 rings (SSSR count). The summed E-state index contributed by atoms with van der Waals surface area (Å²) in [6, 6.07) is 9.78. The average molecular weight is 261 g/mol. The molecule has 0 heterocycles. The zero-order valence-electron chi connectivity index (χ0n) is 10.8. The maximum atomic E-state index is 13.6. The Balaban J connectivity index is 2.20. The molecule has 0 bridgehead atoms. The van der Waals surface area contributed by atoms with Gasteiger partial charge >= 0.3 is 0 Å². The van der Waals surface area contributed by atoms with Crippen LogP contribution in [0.5, 0.6) is 0 Å². The maximum Gasteiger partial charge on any atom is 0.251 e. The number of carbonyl (C=O) groups is 1. The van der Waals surface area contributed by atoms with E-state index in [9.17, 15) is 9.18 Å². The summed E-state index contributed by atoms with van der Waals surface area (Å²) in [5, 5.41) is 3.84. The Bertz CT molecular complexity index is 583. The fraction of sp³-hybridized carbons (Fsp3) is 0.267. The third-order valence-corrected chi connectivity index (χ3v) is 2.85. The van der Waals surface area contributed by atoms with Crippen LogP contribution in [0.2, 0.25) is 0 Å². The van der Waals surface area contributed by atoms with Crippen molar-refractivity contribution in [3.8, 4) is 0 Å². The smallest absolute Gasteiger partial charge is 0.251 e. The van der Waals surface area contributed by atoms with E-state index in [0.717, 1.165) is 0 Å².